The van der Waals surface area contributed by atoms with Gasteiger partial charge in [0.15, 0.2) is 0 Å². The van der Waals surface area contributed by atoms with E-state index in [0.717, 1.165) is 16.1 Å². The van der Waals surface area contributed by atoms with Crippen molar-refractivity contribution in [2.24, 2.45) is 0 Å². The van der Waals surface area contributed by atoms with Crippen LogP contribution in [0.4, 0.5) is 5.69 Å². The molecule has 0 fully saturated rings. The minimum Gasteiger partial charge on any atom is -0.352 e. The highest BCUT2D eigenvalue weighted by Gasteiger charge is 2.33. The number of carbonyl (C=O) groups is 2. The van der Waals surface area contributed by atoms with Crippen LogP contribution in [-0.4, -0.2) is 50.0 Å². The average Bonchev–Trinajstić information content (AvgIpc) is 2.77. The largest absolute Gasteiger partial charge is 0.352 e. The van der Waals surface area contributed by atoms with E-state index in [4.69, 9.17) is 11.6 Å². The minimum absolute atomic E-state index is 0.0463. The number of hydrogen-bond donors (Lipinski definition) is 1. The molecule has 192 valence electrons. The molecule has 0 aliphatic carbocycles. The number of carbonyl (C=O) groups excluding carboxylic acids is 2. The number of benzene rings is 2. The molecule has 0 heterocycles. The van der Waals surface area contributed by atoms with Crippen molar-refractivity contribution in [2.45, 2.75) is 65.6 Å². The summed E-state index contributed by atoms with van der Waals surface area (Å²) < 4.78 is 26.8. The Morgan fingerprint density at radius 3 is 2.14 bits per heavy atom. The van der Waals surface area contributed by atoms with Crippen LogP contribution in [0.15, 0.2) is 48.5 Å². The van der Waals surface area contributed by atoms with E-state index in [-0.39, 0.29) is 24.4 Å². The second-order valence-electron chi connectivity index (χ2n) is 9.18. The first-order chi connectivity index (χ1) is 16.4. The van der Waals surface area contributed by atoms with Crippen molar-refractivity contribution in [2.75, 3.05) is 17.1 Å². The van der Waals surface area contributed by atoms with Crippen molar-refractivity contribution in [1.82, 2.24) is 10.2 Å². The Bertz CT molecular complexity index is 1130. The van der Waals surface area contributed by atoms with E-state index in [1.807, 2.05) is 46.8 Å². The van der Waals surface area contributed by atoms with Gasteiger partial charge in [0.1, 0.15) is 12.6 Å². The van der Waals surface area contributed by atoms with Gasteiger partial charge in [-0.25, -0.2) is 8.42 Å². The first kappa shape index (κ1) is 28.7. The molecule has 0 bridgehead atoms. The van der Waals surface area contributed by atoms with E-state index in [2.05, 4.69) is 5.32 Å². The fraction of sp³-hybridized carbons (Fsp3) is 0.462. The smallest absolute Gasteiger partial charge is 0.244 e. The summed E-state index contributed by atoms with van der Waals surface area (Å²) in [7, 11) is -3.80. The van der Waals surface area contributed by atoms with Gasteiger partial charge >= 0.3 is 0 Å². The normalized spacial score (nSPS) is 12.5. The van der Waals surface area contributed by atoms with Gasteiger partial charge < -0.3 is 10.2 Å². The second kappa shape index (κ2) is 12.4. The van der Waals surface area contributed by atoms with Gasteiger partial charge in [0, 0.05) is 17.6 Å². The number of para-hydroxylation sites is 1. The molecule has 0 radical (unpaired) electrons. The highest BCUT2D eigenvalue weighted by molar-refractivity contribution is 7.92. The molecular weight excluding hydrogens is 486 g/mol. The maximum atomic E-state index is 13.8. The Morgan fingerprint density at radius 1 is 1.00 bits per heavy atom. The molecular formula is C26H36ClN3O4S. The van der Waals surface area contributed by atoms with Crippen molar-refractivity contribution in [1.29, 1.82) is 0 Å². The van der Waals surface area contributed by atoms with Gasteiger partial charge in [0.25, 0.3) is 0 Å². The van der Waals surface area contributed by atoms with E-state index in [1.54, 1.807) is 36.4 Å². The lowest BCUT2D eigenvalue weighted by Crippen LogP contribution is -2.53. The van der Waals surface area contributed by atoms with Gasteiger partial charge in [-0.05, 0) is 49.4 Å². The van der Waals surface area contributed by atoms with Crippen LogP contribution in [0.5, 0.6) is 0 Å². The summed E-state index contributed by atoms with van der Waals surface area (Å²) in [5.74, 6) is -0.735. The van der Waals surface area contributed by atoms with Gasteiger partial charge in [-0.2, -0.15) is 0 Å². The third kappa shape index (κ3) is 7.70. The molecule has 0 aliphatic rings. The highest BCUT2D eigenvalue weighted by atomic mass is 35.5. The van der Waals surface area contributed by atoms with Crippen LogP contribution >= 0.6 is 11.6 Å². The zero-order valence-electron chi connectivity index (χ0n) is 21.3. The summed E-state index contributed by atoms with van der Waals surface area (Å²) >= 11 is 6.37. The molecule has 2 aromatic rings. The molecule has 2 aromatic carbocycles. The number of nitrogens with one attached hydrogen (secondary N) is 1. The van der Waals surface area contributed by atoms with Crippen molar-refractivity contribution in [3.63, 3.8) is 0 Å². The van der Waals surface area contributed by atoms with Crippen LogP contribution in [0.1, 0.15) is 58.1 Å². The van der Waals surface area contributed by atoms with Crippen LogP contribution in [0.25, 0.3) is 0 Å². The molecule has 0 aromatic heterocycles. The lowest BCUT2D eigenvalue weighted by atomic mass is 10.0. The summed E-state index contributed by atoms with van der Waals surface area (Å²) in [6.07, 6.45) is 1.44. The zero-order valence-corrected chi connectivity index (χ0v) is 22.9. The van der Waals surface area contributed by atoms with Crippen molar-refractivity contribution in [3.8, 4) is 0 Å². The molecule has 2 rings (SSSR count). The summed E-state index contributed by atoms with van der Waals surface area (Å²) in [4.78, 5) is 28.2. The second-order valence-corrected chi connectivity index (χ2v) is 11.5. The van der Waals surface area contributed by atoms with Gasteiger partial charge in [-0.1, -0.05) is 68.8 Å². The van der Waals surface area contributed by atoms with E-state index < -0.39 is 28.5 Å². The summed E-state index contributed by atoms with van der Waals surface area (Å²) in [6, 6.07) is 13.3. The Morgan fingerprint density at radius 2 is 1.60 bits per heavy atom. The number of nitrogens with zero attached hydrogens (tertiary/aromatic N) is 2. The lowest BCUT2D eigenvalue weighted by Gasteiger charge is -2.34. The number of hydrogen-bond acceptors (Lipinski definition) is 4. The summed E-state index contributed by atoms with van der Waals surface area (Å²) in [5, 5.41) is 3.34. The molecule has 9 heteroatoms. The predicted octanol–water partition coefficient (Wildman–Crippen LogP) is 4.56. The van der Waals surface area contributed by atoms with E-state index in [0.29, 0.717) is 22.7 Å². The molecule has 0 saturated heterocycles. The molecule has 1 atom stereocenters. The Balaban J connectivity index is 2.52. The third-order valence-corrected chi connectivity index (χ3v) is 7.12. The van der Waals surface area contributed by atoms with Crippen molar-refractivity contribution >= 4 is 39.1 Å². The maximum Gasteiger partial charge on any atom is 0.244 e. The summed E-state index contributed by atoms with van der Waals surface area (Å²) in [6.45, 7) is 9.09. The number of sulfonamides is 1. The minimum atomic E-state index is -3.80. The maximum absolute atomic E-state index is 13.8. The Hall–Kier alpha value is -2.58. The number of anilines is 1. The fourth-order valence-corrected chi connectivity index (χ4v) is 4.97. The molecule has 0 unspecified atom stereocenters. The predicted molar refractivity (Wildman–Crippen MR) is 142 cm³/mol. The molecule has 0 aliphatic heterocycles. The quantitative estimate of drug-likeness (QED) is 0.469. The van der Waals surface area contributed by atoms with Gasteiger partial charge in [-0.15, -0.1) is 0 Å². The molecule has 2 amide bonds. The molecule has 0 spiro atoms. The van der Waals surface area contributed by atoms with Crippen LogP contribution in [0.2, 0.25) is 5.02 Å². The van der Waals surface area contributed by atoms with E-state index in [9.17, 15) is 18.0 Å². The molecule has 35 heavy (non-hydrogen) atoms. The number of rotatable bonds is 11. The first-order valence-corrected chi connectivity index (χ1v) is 14.0. The van der Waals surface area contributed by atoms with Crippen LogP contribution in [-0.2, 0) is 26.2 Å². The van der Waals surface area contributed by atoms with Gasteiger partial charge in [0.05, 0.1) is 11.9 Å². The number of amides is 2. The fourth-order valence-electron chi connectivity index (χ4n) is 3.91. The van der Waals surface area contributed by atoms with Crippen molar-refractivity contribution < 1.29 is 18.0 Å². The lowest BCUT2D eigenvalue weighted by molar-refractivity contribution is -0.140. The van der Waals surface area contributed by atoms with Crippen LogP contribution < -0.4 is 9.62 Å². The molecule has 0 saturated carbocycles. The Kier molecular flexibility index (Phi) is 10.2. The summed E-state index contributed by atoms with van der Waals surface area (Å²) in [5.41, 5.74) is 1.94. The van der Waals surface area contributed by atoms with Crippen molar-refractivity contribution in [3.05, 3.63) is 64.7 Å². The topological polar surface area (TPSA) is 86.8 Å². The van der Waals surface area contributed by atoms with Crippen LogP contribution in [0.3, 0.4) is 0 Å². The Labute approximate surface area is 214 Å². The SMILES string of the molecule is CC[C@@H](C(=O)NC(C)C)N(Cc1ccccc1Cl)C(=O)CN(c1ccccc1C(C)C)S(C)(=O)=O. The highest BCUT2D eigenvalue weighted by Crippen LogP contribution is 2.29. The first-order valence-electron chi connectivity index (χ1n) is 11.8. The van der Waals surface area contributed by atoms with Crippen LogP contribution in [0, 0.1) is 0 Å². The average molecular weight is 522 g/mol. The van der Waals surface area contributed by atoms with E-state index >= 15 is 0 Å². The number of halogens is 1. The molecule has 7 nitrogen and oxygen atoms in total. The van der Waals surface area contributed by atoms with Gasteiger partial charge in [0.2, 0.25) is 21.8 Å². The third-order valence-electron chi connectivity index (χ3n) is 5.62. The standard InChI is InChI=1S/C26H36ClN3O4S/c1-7-23(26(32)28-19(4)5)29(16-20-12-8-10-14-22(20)27)25(31)17-30(35(6,33)34)24-15-11-9-13-21(24)18(2)3/h8-15,18-19,23H,7,16-17H2,1-6H3,(H,28,32)/t23-/m0/s1. The monoisotopic (exact) mass is 521 g/mol. The zero-order chi connectivity index (χ0) is 26.3. The van der Waals surface area contributed by atoms with Gasteiger partial charge in [-0.3, -0.25) is 13.9 Å². The molecule has 1 N–H and O–H groups in total. The van der Waals surface area contributed by atoms with E-state index in [1.165, 1.54) is 4.90 Å².